The summed E-state index contributed by atoms with van der Waals surface area (Å²) in [4.78, 5) is 28.6. The second kappa shape index (κ2) is 7.03. The van der Waals surface area contributed by atoms with E-state index in [0.29, 0.717) is 43.4 Å². The summed E-state index contributed by atoms with van der Waals surface area (Å²) in [5.41, 5.74) is 1.57. The van der Waals surface area contributed by atoms with Crippen molar-refractivity contribution in [2.75, 3.05) is 18.5 Å². The van der Waals surface area contributed by atoms with Crippen molar-refractivity contribution in [3.63, 3.8) is 0 Å². The maximum Gasteiger partial charge on any atom is 0.228 e. The SMILES string of the molecule is O=C(NCc1cccnc1)C1CC1C(=O)Nc1ccc2c(c1)OCCO2. The van der Waals surface area contributed by atoms with E-state index in [4.69, 9.17) is 9.47 Å². The molecule has 2 amide bonds. The van der Waals surface area contributed by atoms with Crippen molar-refractivity contribution >= 4 is 17.5 Å². The number of rotatable bonds is 5. The van der Waals surface area contributed by atoms with E-state index >= 15 is 0 Å². The van der Waals surface area contributed by atoms with Gasteiger partial charge in [0.25, 0.3) is 0 Å². The first-order valence-corrected chi connectivity index (χ1v) is 8.58. The Labute approximate surface area is 150 Å². The van der Waals surface area contributed by atoms with Crippen LogP contribution in [0.1, 0.15) is 12.0 Å². The molecule has 26 heavy (non-hydrogen) atoms. The summed E-state index contributed by atoms with van der Waals surface area (Å²) in [5.74, 6) is 0.476. The Morgan fingerprint density at radius 2 is 1.88 bits per heavy atom. The van der Waals surface area contributed by atoms with Crippen LogP contribution in [-0.2, 0) is 16.1 Å². The lowest BCUT2D eigenvalue weighted by Crippen LogP contribution is -2.27. The highest BCUT2D eigenvalue weighted by Gasteiger charge is 2.47. The van der Waals surface area contributed by atoms with E-state index in [9.17, 15) is 9.59 Å². The third-order valence-electron chi connectivity index (χ3n) is 4.46. The van der Waals surface area contributed by atoms with Crippen LogP contribution >= 0.6 is 0 Å². The van der Waals surface area contributed by atoms with Crippen LogP contribution in [0.2, 0.25) is 0 Å². The number of hydrogen-bond acceptors (Lipinski definition) is 5. The maximum atomic E-state index is 12.4. The van der Waals surface area contributed by atoms with E-state index in [-0.39, 0.29) is 23.7 Å². The number of carbonyl (C=O) groups is 2. The van der Waals surface area contributed by atoms with Crippen LogP contribution in [0.25, 0.3) is 0 Å². The van der Waals surface area contributed by atoms with Gasteiger partial charge in [0.15, 0.2) is 11.5 Å². The molecule has 2 aliphatic rings. The maximum absolute atomic E-state index is 12.4. The number of hydrogen-bond donors (Lipinski definition) is 2. The molecule has 1 aromatic heterocycles. The van der Waals surface area contributed by atoms with Crippen molar-refractivity contribution in [3.05, 3.63) is 48.3 Å². The number of nitrogens with one attached hydrogen (secondary N) is 2. The lowest BCUT2D eigenvalue weighted by atomic mass is 10.2. The van der Waals surface area contributed by atoms with Gasteiger partial charge in [0.2, 0.25) is 11.8 Å². The predicted octanol–water partition coefficient (Wildman–Crippen LogP) is 1.74. The van der Waals surface area contributed by atoms with Gasteiger partial charge in [0, 0.05) is 30.7 Å². The highest BCUT2D eigenvalue weighted by molar-refractivity contribution is 5.99. The first-order valence-electron chi connectivity index (χ1n) is 8.58. The van der Waals surface area contributed by atoms with Gasteiger partial charge in [-0.1, -0.05) is 6.07 Å². The molecular weight excluding hydrogens is 334 g/mol. The van der Waals surface area contributed by atoms with Gasteiger partial charge in [-0.25, -0.2) is 0 Å². The average molecular weight is 353 g/mol. The molecule has 0 radical (unpaired) electrons. The Morgan fingerprint density at radius 1 is 1.08 bits per heavy atom. The van der Waals surface area contributed by atoms with E-state index in [1.54, 1.807) is 30.6 Å². The van der Waals surface area contributed by atoms with Crippen LogP contribution in [-0.4, -0.2) is 30.0 Å². The quantitative estimate of drug-likeness (QED) is 0.855. The van der Waals surface area contributed by atoms with Crippen molar-refractivity contribution in [3.8, 4) is 11.5 Å². The Morgan fingerprint density at radius 3 is 2.69 bits per heavy atom. The molecule has 1 fully saturated rings. The van der Waals surface area contributed by atoms with Crippen LogP contribution in [0.4, 0.5) is 5.69 Å². The molecule has 1 aromatic carbocycles. The molecule has 0 spiro atoms. The number of fused-ring (bicyclic) bond motifs is 1. The lowest BCUT2D eigenvalue weighted by molar-refractivity contribution is -0.125. The molecule has 2 aromatic rings. The number of ether oxygens (including phenoxy) is 2. The van der Waals surface area contributed by atoms with Crippen molar-refractivity contribution in [1.29, 1.82) is 0 Å². The van der Waals surface area contributed by atoms with Crippen LogP contribution < -0.4 is 20.1 Å². The molecule has 0 saturated heterocycles. The van der Waals surface area contributed by atoms with Crippen LogP contribution in [0.3, 0.4) is 0 Å². The van der Waals surface area contributed by atoms with Crippen molar-refractivity contribution < 1.29 is 19.1 Å². The minimum Gasteiger partial charge on any atom is -0.486 e. The molecule has 2 atom stereocenters. The van der Waals surface area contributed by atoms with E-state index in [2.05, 4.69) is 15.6 Å². The molecule has 0 bridgehead atoms. The zero-order chi connectivity index (χ0) is 17.9. The van der Waals surface area contributed by atoms with Gasteiger partial charge in [-0.2, -0.15) is 0 Å². The summed E-state index contributed by atoms with van der Waals surface area (Å²) in [5, 5.41) is 5.70. The number of benzene rings is 1. The van der Waals surface area contributed by atoms with Crippen molar-refractivity contribution in [2.45, 2.75) is 13.0 Å². The third-order valence-corrected chi connectivity index (χ3v) is 4.46. The van der Waals surface area contributed by atoms with E-state index in [1.165, 1.54) is 0 Å². The molecule has 4 rings (SSSR count). The number of aromatic nitrogens is 1. The zero-order valence-corrected chi connectivity index (χ0v) is 14.1. The second-order valence-corrected chi connectivity index (χ2v) is 6.38. The summed E-state index contributed by atoms with van der Waals surface area (Å²) >= 11 is 0. The summed E-state index contributed by atoms with van der Waals surface area (Å²) in [7, 11) is 0. The van der Waals surface area contributed by atoms with Gasteiger partial charge >= 0.3 is 0 Å². The molecule has 2 N–H and O–H groups in total. The van der Waals surface area contributed by atoms with Gasteiger partial charge in [-0.15, -0.1) is 0 Å². The average Bonchev–Trinajstić information content (AvgIpc) is 3.48. The predicted molar refractivity (Wildman–Crippen MR) is 93.7 cm³/mol. The van der Waals surface area contributed by atoms with E-state index < -0.39 is 0 Å². The summed E-state index contributed by atoms with van der Waals surface area (Å²) in [6, 6.07) is 9.00. The minimum atomic E-state index is -0.294. The number of anilines is 1. The summed E-state index contributed by atoms with van der Waals surface area (Å²) < 4.78 is 11.0. The van der Waals surface area contributed by atoms with Gasteiger partial charge in [-0.05, 0) is 30.2 Å². The first-order chi connectivity index (χ1) is 12.7. The van der Waals surface area contributed by atoms with Gasteiger partial charge < -0.3 is 20.1 Å². The standard InChI is InChI=1S/C19H19N3O4/c23-18(21-11-12-2-1-5-20-10-12)14-9-15(14)19(24)22-13-3-4-16-17(8-13)26-7-6-25-16/h1-5,8,10,14-15H,6-7,9,11H2,(H,21,23)(H,22,24). The Balaban J connectivity index is 1.29. The summed E-state index contributed by atoms with van der Waals surface area (Å²) in [6.07, 6.45) is 3.96. The fourth-order valence-corrected chi connectivity index (χ4v) is 2.95. The highest BCUT2D eigenvalue weighted by atomic mass is 16.6. The topological polar surface area (TPSA) is 89.6 Å². The molecule has 7 nitrogen and oxygen atoms in total. The normalized spacial score (nSPS) is 20.2. The molecule has 1 aliphatic carbocycles. The van der Waals surface area contributed by atoms with Crippen molar-refractivity contribution in [1.82, 2.24) is 10.3 Å². The third kappa shape index (κ3) is 3.61. The smallest absolute Gasteiger partial charge is 0.228 e. The zero-order valence-electron chi connectivity index (χ0n) is 14.1. The minimum absolute atomic E-state index is 0.101. The lowest BCUT2D eigenvalue weighted by Gasteiger charge is -2.19. The highest BCUT2D eigenvalue weighted by Crippen LogP contribution is 2.40. The number of carbonyl (C=O) groups excluding carboxylic acids is 2. The fraction of sp³-hybridized carbons (Fsp3) is 0.316. The molecule has 2 unspecified atom stereocenters. The van der Waals surface area contributed by atoms with Gasteiger partial charge in [-0.3, -0.25) is 14.6 Å². The van der Waals surface area contributed by atoms with Crippen LogP contribution in [0, 0.1) is 11.8 Å². The fourth-order valence-electron chi connectivity index (χ4n) is 2.95. The van der Waals surface area contributed by atoms with E-state index in [0.717, 1.165) is 5.56 Å². The number of amides is 2. The Hall–Kier alpha value is -3.09. The monoisotopic (exact) mass is 353 g/mol. The molecule has 2 heterocycles. The van der Waals surface area contributed by atoms with E-state index in [1.807, 2.05) is 12.1 Å². The van der Waals surface area contributed by atoms with Crippen molar-refractivity contribution in [2.24, 2.45) is 11.8 Å². The molecular formula is C19H19N3O4. The number of nitrogens with zero attached hydrogens (tertiary/aromatic N) is 1. The summed E-state index contributed by atoms with van der Waals surface area (Å²) in [6.45, 7) is 1.43. The molecule has 1 saturated carbocycles. The van der Waals surface area contributed by atoms with Crippen LogP contribution in [0.5, 0.6) is 11.5 Å². The van der Waals surface area contributed by atoms with Gasteiger partial charge in [0.05, 0.1) is 11.8 Å². The second-order valence-electron chi connectivity index (χ2n) is 6.38. The molecule has 7 heteroatoms. The first kappa shape index (κ1) is 16.4. The molecule has 134 valence electrons. The number of pyridine rings is 1. The Kier molecular flexibility index (Phi) is 4.43. The Bertz CT molecular complexity index is 825. The van der Waals surface area contributed by atoms with Crippen LogP contribution in [0.15, 0.2) is 42.7 Å². The molecule has 1 aliphatic heterocycles. The largest absolute Gasteiger partial charge is 0.486 e. The van der Waals surface area contributed by atoms with Gasteiger partial charge in [0.1, 0.15) is 13.2 Å².